The molecule has 0 fully saturated rings. The molecule has 0 atom stereocenters. The summed E-state index contributed by atoms with van der Waals surface area (Å²) in [5.41, 5.74) is 3.16. The molecule has 0 saturated heterocycles. The number of fused-ring (bicyclic) bond motifs is 1. The predicted octanol–water partition coefficient (Wildman–Crippen LogP) is 5.43. The van der Waals surface area contributed by atoms with E-state index in [0.29, 0.717) is 49.3 Å². The number of amides is 2. The number of nitrogens with one attached hydrogen (secondary N) is 1. The zero-order valence-electron chi connectivity index (χ0n) is 28.3. The number of benzene rings is 3. The monoisotopic (exact) mass is 690 g/mol. The number of hydrogen-bond acceptors (Lipinski definition) is 9. The van der Waals surface area contributed by atoms with E-state index in [0.717, 1.165) is 40.3 Å². The molecule has 262 valence electrons. The average molecular weight is 691 g/mol. The highest BCUT2D eigenvalue weighted by atomic mass is 32.1. The van der Waals surface area contributed by atoms with Crippen molar-refractivity contribution in [3.05, 3.63) is 106 Å². The van der Waals surface area contributed by atoms with E-state index < -0.39 is 6.09 Å². The summed E-state index contributed by atoms with van der Waals surface area (Å²) in [6.45, 7) is 9.37. The number of hydrogen-bond donors (Lipinski definition) is 2. The first kappa shape index (κ1) is 37.0. The predicted molar refractivity (Wildman–Crippen MR) is 192 cm³/mol. The highest BCUT2D eigenvalue weighted by Gasteiger charge is 2.21. The first-order valence-corrected chi connectivity index (χ1v) is 17.3. The lowest BCUT2D eigenvalue weighted by Crippen LogP contribution is -2.44. The van der Waals surface area contributed by atoms with Gasteiger partial charge in [-0.15, -0.1) is 0 Å². The highest BCUT2D eigenvalue weighted by molar-refractivity contribution is 7.16. The molecule has 3 aromatic carbocycles. The van der Waals surface area contributed by atoms with Gasteiger partial charge in [0.25, 0.3) is 0 Å². The number of H-pyrrole nitrogens is 1. The minimum Gasteiger partial charge on any atom is -0.506 e. The standard InChI is InChI=1S/C37H46N4O7S/c1-4-39(5-2)20-21-40(33(43)18-25-47-24-17-28-12-9-13-31(26-28)46-3)22-23-41(37(45)48-27-29-10-7-6-8-11-29)19-16-30-14-15-32(42)34-35(30)49-36(44)38-34/h4,6-15,26,42H,1,5,16-25,27H2,2-3H3,(H,38,44). The fourth-order valence-electron chi connectivity index (χ4n) is 5.30. The van der Waals surface area contributed by atoms with Crippen molar-refractivity contribution in [3.8, 4) is 11.5 Å². The molecule has 0 unspecified atom stereocenters. The van der Waals surface area contributed by atoms with Crippen LogP contribution in [-0.2, 0) is 33.7 Å². The third-order valence-corrected chi connectivity index (χ3v) is 9.15. The molecule has 0 aliphatic rings. The Morgan fingerprint density at radius 3 is 2.43 bits per heavy atom. The van der Waals surface area contributed by atoms with Crippen LogP contribution in [0.25, 0.3) is 10.2 Å². The summed E-state index contributed by atoms with van der Waals surface area (Å²) in [6.07, 6.45) is 2.57. The molecule has 0 spiro atoms. The van der Waals surface area contributed by atoms with E-state index in [1.165, 1.54) is 6.07 Å². The molecule has 0 saturated carbocycles. The van der Waals surface area contributed by atoms with Crippen LogP contribution in [-0.4, -0.2) is 96.4 Å². The summed E-state index contributed by atoms with van der Waals surface area (Å²) in [6, 6.07) is 20.5. The van der Waals surface area contributed by atoms with Crippen molar-refractivity contribution in [1.82, 2.24) is 19.7 Å². The van der Waals surface area contributed by atoms with Gasteiger partial charge in [-0.2, -0.15) is 0 Å². The Morgan fingerprint density at radius 1 is 0.918 bits per heavy atom. The van der Waals surface area contributed by atoms with E-state index >= 15 is 0 Å². The van der Waals surface area contributed by atoms with E-state index in [2.05, 4.69) is 11.6 Å². The number of likely N-dealkylation sites (N-methyl/N-ethyl adjacent to an activating group) is 1. The van der Waals surface area contributed by atoms with Crippen molar-refractivity contribution < 1.29 is 28.9 Å². The smallest absolute Gasteiger partial charge is 0.410 e. The molecule has 0 bridgehead atoms. The van der Waals surface area contributed by atoms with Crippen LogP contribution in [0.15, 0.2) is 84.3 Å². The topological polar surface area (TPSA) is 125 Å². The molecule has 4 rings (SSSR count). The summed E-state index contributed by atoms with van der Waals surface area (Å²) < 4.78 is 17.5. The second kappa shape index (κ2) is 19.3. The number of aromatic amines is 1. The fourth-order valence-corrected chi connectivity index (χ4v) is 6.20. The Kier molecular flexibility index (Phi) is 14.5. The summed E-state index contributed by atoms with van der Waals surface area (Å²) in [7, 11) is 1.63. The highest BCUT2D eigenvalue weighted by Crippen LogP contribution is 2.28. The van der Waals surface area contributed by atoms with E-state index in [9.17, 15) is 19.5 Å². The fraction of sp³-hybridized carbons (Fsp3) is 0.378. The number of phenols is 1. The van der Waals surface area contributed by atoms with Crippen LogP contribution in [0.1, 0.15) is 30.0 Å². The lowest BCUT2D eigenvalue weighted by molar-refractivity contribution is -0.132. The van der Waals surface area contributed by atoms with Crippen LogP contribution in [0.2, 0.25) is 0 Å². The Balaban J connectivity index is 1.41. The molecule has 4 aromatic rings. The molecular formula is C37H46N4O7S. The number of phenolic OH excluding ortho intramolecular Hbond substituents is 1. The van der Waals surface area contributed by atoms with Gasteiger partial charge in [-0.25, -0.2) is 4.79 Å². The first-order valence-electron chi connectivity index (χ1n) is 16.5. The van der Waals surface area contributed by atoms with Gasteiger partial charge in [0.15, 0.2) is 0 Å². The maximum atomic E-state index is 13.5. The van der Waals surface area contributed by atoms with Gasteiger partial charge in [0.1, 0.15) is 23.6 Å². The second-order valence-electron chi connectivity index (χ2n) is 11.4. The van der Waals surface area contributed by atoms with Crippen LogP contribution in [0, 0.1) is 0 Å². The molecular weight excluding hydrogens is 644 g/mol. The number of aromatic nitrogens is 1. The Bertz CT molecular complexity index is 1710. The normalized spacial score (nSPS) is 10.9. The quantitative estimate of drug-likeness (QED) is 0.118. The Labute approximate surface area is 291 Å². The zero-order chi connectivity index (χ0) is 35.0. The number of ether oxygens (including phenoxy) is 3. The van der Waals surface area contributed by atoms with Crippen molar-refractivity contribution in [1.29, 1.82) is 0 Å². The Hall–Kier alpha value is -4.81. The summed E-state index contributed by atoms with van der Waals surface area (Å²) in [5.74, 6) is 0.715. The van der Waals surface area contributed by atoms with Crippen LogP contribution in [0.4, 0.5) is 4.79 Å². The first-order chi connectivity index (χ1) is 23.8. The van der Waals surface area contributed by atoms with Gasteiger partial charge in [-0.1, -0.05) is 66.4 Å². The molecule has 11 nitrogen and oxygen atoms in total. The average Bonchev–Trinajstić information content (AvgIpc) is 3.53. The number of rotatable bonds is 20. The van der Waals surface area contributed by atoms with Gasteiger partial charge in [-0.05, 0) is 60.9 Å². The van der Waals surface area contributed by atoms with E-state index in [4.69, 9.17) is 14.2 Å². The third-order valence-electron chi connectivity index (χ3n) is 8.20. The molecule has 12 heteroatoms. The van der Waals surface area contributed by atoms with Crippen molar-refractivity contribution in [2.45, 2.75) is 32.8 Å². The molecule has 2 N–H and O–H groups in total. The van der Waals surface area contributed by atoms with Gasteiger partial charge in [-0.3, -0.25) is 9.59 Å². The molecule has 0 radical (unpaired) electrons. The maximum Gasteiger partial charge on any atom is 0.410 e. The minimum atomic E-state index is -0.504. The van der Waals surface area contributed by atoms with Gasteiger partial charge in [0.05, 0.1) is 31.4 Å². The number of carbonyl (C=O) groups is 2. The van der Waals surface area contributed by atoms with Crippen LogP contribution in [0.5, 0.6) is 11.5 Å². The molecule has 0 aliphatic carbocycles. The van der Waals surface area contributed by atoms with Gasteiger partial charge < -0.3 is 39.0 Å². The summed E-state index contributed by atoms with van der Waals surface area (Å²) in [4.78, 5) is 46.8. The van der Waals surface area contributed by atoms with E-state index in [1.54, 1.807) is 29.2 Å². The SMILES string of the molecule is C=CN(CC)CCN(CCN(CCc1ccc(O)c2[nH]c(=O)sc12)C(=O)OCc1ccccc1)C(=O)CCOCCc1cccc(OC)c1. The number of carbonyl (C=O) groups excluding carboxylic acids is 2. The largest absolute Gasteiger partial charge is 0.506 e. The van der Waals surface area contributed by atoms with Crippen molar-refractivity contribution in [2.75, 3.05) is 59.6 Å². The Morgan fingerprint density at radius 2 is 1.67 bits per heavy atom. The molecule has 2 amide bonds. The molecule has 1 aromatic heterocycles. The summed E-state index contributed by atoms with van der Waals surface area (Å²) >= 11 is 1.02. The van der Waals surface area contributed by atoms with Crippen molar-refractivity contribution in [3.63, 3.8) is 0 Å². The lowest BCUT2D eigenvalue weighted by Gasteiger charge is -2.29. The van der Waals surface area contributed by atoms with Crippen LogP contribution in [0.3, 0.4) is 0 Å². The second-order valence-corrected chi connectivity index (χ2v) is 12.4. The van der Waals surface area contributed by atoms with E-state index in [-0.39, 0.29) is 49.3 Å². The summed E-state index contributed by atoms with van der Waals surface area (Å²) in [5, 5.41) is 10.2. The van der Waals surface area contributed by atoms with Crippen molar-refractivity contribution >= 4 is 33.6 Å². The number of methoxy groups -OCH3 is 1. The van der Waals surface area contributed by atoms with Gasteiger partial charge in [0, 0.05) is 39.3 Å². The molecule has 0 aliphatic heterocycles. The maximum absolute atomic E-state index is 13.5. The van der Waals surface area contributed by atoms with Gasteiger partial charge >= 0.3 is 11.0 Å². The molecule has 1 heterocycles. The van der Waals surface area contributed by atoms with Crippen LogP contribution < -0.4 is 9.61 Å². The number of nitrogens with zero attached hydrogens (tertiary/aromatic N) is 3. The van der Waals surface area contributed by atoms with Gasteiger partial charge in [0.2, 0.25) is 5.91 Å². The third kappa shape index (κ3) is 11.4. The lowest BCUT2D eigenvalue weighted by atomic mass is 10.1. The zero-order valence-corrected chi connectivity index (χ0v) is 29.1. The van der Waals surface area contributed by atoms with E-state index in [1.807, 2.05) is 66.4 Å². The minimum absolute atomic E-state index is 0.00435. The van der Waals surface area contributed by atoms with Crippen molar-refractivity contribution in [2.24, 2.45) is 0 Å². The molecule has 49 heavy (non-hydrogen) atoms. The number of aromatic hydroxyl groups is 1. The number of thiazole rings is 1. The van der Waals surface area contributed by atoms with Crippen LogP contribution >= 0.6 is 11.3 Å².